The number of rotatable bonds is 12. The minimum absolute atomic E-state index is 0.0362. The number of benzene rings is 1. The quantitative estimate of drug-likeness (QED) is 0.158. The number of carbonyl (C=O) groups is 3. The summed E-state index contributed by atoms with van der Waals surface area (Å²) in [6.45, 7) is 13.2. The van der Waals surface area contributed by atoms with Crippen molar-refractivity contribution in [2.75, 3.05) is 6.61 Å². The summed E-state index contributed by atoms with van der Waals surface area (Å²) >= 11 is 6.07. The van der Waals surface area contributed by atoms with E-state index in [-0.39, 0.29) is 42.5 Å². The molecule has 0 bridgehead atoms. The lowest BCUT2D eigenvalue weighted by Gasteiger charge is -2.22. The van der Waals surface area contributed by atoms with Crippen LogP contribution in [-0.4, -0.2) is 38.6 Å². The summed E-state index contributed by atoms with van der Waals surface area (Å²) < 4.78 is 26.4. The maximum atomic E-state index is 14.1. The van der Waals surface area contributed by atoms with Gasteiger partial charge in [-0.1, -0.05) is 39.0 Å². The van der Waals surface area contributed by atoms with E-state index in [0.717, 1.165) is 0 Å². The van der Waals surface area contributed by atoms with E-state index in [9.17, 15) is 23.9 Å². The molecule has 3 aromatic heterocycles. The molecule has 10 heteroatoms. The number of hydrogen-bond acceptors (Lipinski definition) is 6. The number of nitrogens with zero attached hydrogens (tertiary/aromatic N) is 2. The molecule has 0 fully saturated rings. The van der Waals surface area contributed by atoms with Gasteiger partial charge >= 0.3 is 5.97 Å². The molecule has 1 N–H and O–H groups in total. The van der Waals surface area contributed by atoms with E-state index in [1.54, 1.807) is 94.6 Å². The first-order valence-electron chi connectivity index (χ1n) is 14.3. The first-order valence-corrected chi connectivity index (χ1v) is 14.7. The molecule has 1 aromatic carbocycles. The van der Waals surface area contributed by atoms with Gasteiger partial charge in [-0.15, -0.1) is 0 Å². The molecule has 0 unspecified atom stereocenters. The lowest BCUT2D eigenvalue weighted by molar-refractivity contribution is -0.146. The van der Waals surface area contributed by atoms with Crippen LogP contribution in [0.3, 0.4) is 0 Å². The highest BCUT2D eigenvalue weighted by atomic mass is 35.5. The van der Waals surface area contributed by atoms with Gasteiger partial charge < -0.3 is 19.0 Å². The fourth-order valence-electron chi connectivity index (χ4n) is 4.85. The maximum Gasteiger partial charge on any atom is 0.309 e. The van der Waals surface area contributed by atoms with Crippen molar-refractivity contribution in [1.82, 2.24) is 9.38 Å². The first-order chi connectivity index (χ1) is 21.0. The topological polar surface area (TPSA) is 107 Å². The molecule has 0 spiro atoms. The molecule has 3 heterocycles. The highest BCUT2D eigenvalue weighted by Crippen LogP contribution is 2.37. The van der Waals surface area contributed by atoms with E-state index in [0.29, 0.717) is 44.4 Å². The molecule has 0 aliphatic rings. The third kappa shape index (κ3) is 7.26. The van der Waals surface area contributed by atoms with Crippen molar-refractivity contribution in [3.63, 3.8) is 0 Å². The Hall–Kier alpha value is -4.50. The van der Waals surface area contributed by atoms with E-state index in [4.69, 9.17) is 21.1 Å². The number of Topliss-reactive ketones (excluding diaryl/α,β-unsaturated/α-hetero) is 1. The lowest BCUT2D eigenvalue weighted by atomic mass is 9.79. The highest BCUT2D eigenvalue weighted by Gasteiger charge is 2.37. The van der Waals surface area contributed by atoms with Gasteiger partial charge in [-0.05, 0) is 69.2 Å². The summed E-state index contributed by atoms with van der Waals surface area (Å²) in [6, 6.07) is 11.3. The largest absolute Gasteiger partial charge is 0.487 e. The number of halogens is 2. The third-order valence-corrected chi connectivity index (χ3v) is 7.71. The van der Waals surface area contributed by atoms with Crippen LogP contribution in [0.4, 0.5) is 4.39 Å². The zero-order valence-electron chi connectivity index (χ0n) is 26.2. The Morgan fingerprint density at radius 1 is 1.04 bits per heavy atom. The number of ether oxygens (including phenoxy) is 2. The van der Waals surface area contributed by atoms with Crippen LogP contribution in [0.1, 0.15) is 77.8 Å². The fourth-order valence-corrected chi connectivity index (χ4v) is 4.97. The van der Waals surface area contributed by atoms with Gasteiger partial charge in [0.25, 0.3) is 0 Å². The number of pyridine rings is 2. The van der Waals surface area contributed by atoms with Gasteiger partial charge in [-0.3, -0.25) is 19.4 Å². The second kappa shape index (κ2) is 12.9. The Kier molecular flexibility index (Phi) is 9.54. The van der Waals surface area contributed by atoms with Crippen molar-refractivity contribution in [2.45, 2.75) is 54.6 Å². The van der Waals surface area contributed by atoms with E-state index in [1.807, 2.05) is 0 Å². The van der Waals surface area contributed by atoms with Gasteiger partial charge in [-0.2, -0.15) is 0 Å². The predicted octanol–water partition coefficient (Wildman–Crippen LogP) is 7.85. The molecule has 0 aliphatic heterocycles. The number of aliphatic carboxylic acids is 1. The van der Waals surface area contributed by atoms with Crippen molar-refractivity contribution in [1.29, 1.82) is 0 Å². The summed E-state index contributed by atoms with van der Waals surface area (Å²) in [7, 11) is 0. The monoisotopic (exact) mass is 634 g/mol. The van der Waals surface area contributed by atoms with Gasteiger partial charge in [0.2, 0.25) is 5.78 Å². The molecule has 0 saturated heterocycles. The van der Waals surface area contributed by atoms with E-state index in [2.05, 4.69) is 11.6 Å². The number of carbonyl (C=O) groups excluding carboxylic acids is 2. The zero-order chi connectivity index (χ0) is 33.3. The fraction of sp³-hybridized carbons (Fsp3) is 0.314. The van der Waals surface area contributed by atoms with Gasteiger partial charge in [0, 0.05) is 45.6 Å². The van der Waals surface area contributed by atoms with Crippen molar-refractivity contribution < 1.29 is 33.4 Å². The van der Waals surface area contributed by atoms with Gasteiger partial charge in [0.1, 0.15) is 30.5 Å². The van der Waals surface area contributed by atoms with Crippen LogP contribution < -0.4 is 9.47 Å². The Morgan fingerprint density at radius 2 is 1.71 bits per heavy atom. The highest BCUT2D eigenvalue weighted by molar-refractivity contribution is 6.30. The number of carboxylic acids is 1. The molecule has 236 valence electrons. The van der Waals surface area contributed by atoms with Crippen molar-refractivity contribution in [3.8, 4) is 11.5 Å². The molecule has 0 saturated carbocycles. The number of carboxylic acid groups (broad SMARTS) is 1. The van der Waals surface area contributed by atoms with E-state index in [1.165, 1.54) is 6.20 Å². The molecular formula is C35H36ClFN2O6. The minimum Gasteiger partial charge on any atom is -0.487 e. The maximum absolute atomic E-state index is 14.1. The van der Waals surface area contributed by atoms with Crippen LogP contribution in [0.25, 0.3) is 5.52 Å². The Morgan fingerprint density at radius 3 is 2.31 bits per heavy atom. The van der Waals surface area contributed by atoms with Crippen molar-refractivity contribution >= 4 is 34.7 Å². The van der Waals surface area contributed by atoms with Crippen molar-refractivity contribution in [3.05, 3.63) is 106 Å². The molecule has 45 heavy (non-hydrogen) atoms. The number of hydrogen-bond donors (Lipinski definition) is 1. The summed E-state index contributed by atoms with van der Waals surface area (Å²) in [5.41, 5.74) is 0.614. The first kappa shape index (κ1) is 33.4. The SMILES string of the molecule is C=C(F)COc1ccnc(COc2ccn3c(C(=O)c4ccc(Cl)cc4)c(CC(C)(C)C(=O)O)c(C(=O)C(C)(C)C)c3c2)c1C. The minimum atomic E-state index is -1.29. The Bertz CT molecular complexity index is 1800. The normalized spacial score (nSPS) is 11.8. The predicted molar refractivity (Wildman–Crippen MR) is 170 cm³/mol. The van der Waals surface area contributed by atoms with Crippen molar-refractivity contribution in [2.24, 2.45) is 10.8 Å². The Labute approximate surface area is 266 Å². The van der Waals surface area contributed by atoms with E-state index < -0.39 is 22.6 Å². The molecule has 0 amide bonds. The third-order valence-electron chi connectivity index (χ3n) is 7.46. The molecule has 0 radical (unpaired) electrons. The number of ketones is 2. The zero-order valence-corrected chi connectivity index (χ0v) is 26.9. The standard InChI is InChI=1S/C35H36ClFN2O6/c1-20(37)18-45-28-12-14-38-26(21(28)2)19-44-24-13-15-39-27(16-24)29(32(41)34(3,4)5)25(17-35(6,7)33(42)43)30(39)31(40)22-8-10-23(36)11-9-22/h8-16H,1,17-19H2,2-7H3,(H,42,43). The van der Waals surface area contributed by atoms with Crippen LogP contribution in [0.2, 0.25) is 5.02 Å². The van der Waals surface area contributed by atoms with Gasteiger partial charge in [-0.25, -0.2) is 4.39 Å². The molecule has 0 aliphatic carbocycles. The van der Waals surface area contributed by atoms with Gasteiger partial charge in [0.05, 0.1) is 22.3 Å². The number of fused-ring (bicyclic) bond motifs is 1. The van der Waals surface area contributed by atoms with Crippen LogP contribution in [-0.2, 0) is 17.8 Å². The second-order valence-corrected chi connectivity index (χ2v) is 13.0. The molecule has 4 rings (SSSR count). The molecular weight excluding hydrogens is 599 g/mol. The van der Waals surface area contributed by atoms with Gasteiger partial charge in [0.15, 0.2) is 5.78 Å². The number of aromatic nitrogens is 2. The lowest BCUT2D eigenvalue weighted by Crippen LogP contribution is -2.29. The molecule has 8 nitrogen and oxygen atoms in total. The molecule has 4 aromatic rings. The summed E-state index contributed by atoms with van der Waals surface area (Å²) in [5.74, 6) is -1.47. The summed E-state index contributed by atoms with van der Waals surface area (Å²) in [4.78, 5) is 44.8. The van der Waals surface area contributed by atoms with Crippen LogP contribution >= 0.6 is 11.6 Å². The van der Waals surface area contributed by atoms with Crippen LogP contribution in [0.5, 0.6) is 11.5 Å². The Balaban J connectivity index is 1.88. The molecule has 0 atom stereocenters. The average Bonchev–Trinajstić information content (AvgIpc) is 3.26. The average molecular weight is 635 g/mol. The summed E-state index contributed by atoms with van der Waals surface area (Å²) in [5, 5.41) is 10.5. The second-order valence-electron chi connectivity index (χ2n) is 12.6. The van der Waals surface area contributed by atoms with E-state index >= 15 is 0 Å². The summed E-state index contributed by atoms with van der Waals surface area (Å²) in [6.07, 6.45) is 3.09. The smallest absolute Gasteiger partial charge is 0.309 e. The van der Waals surface area contributed by atoms with Crippen LogP contribution in [0.15, 0.2) is 67.3 Å². The van der Waals surface area contributed by atoms with Crippen LogP contribution in [0, 0.1) is 17.8 Å².